The van der Waals surface area contributed by atoms with E-state index in [9.17, 15) is 0 Å². The Morgan fingerprint density at radius 1 is 0.645 bits per heavy atom. The molecule has 0 bridgehead atoms. The van der Waals surface area contributed by atoms with Gasteiger partial charge in [-0.3, -0.25) is 0 Å². The van der Waals surface area contributed by atoms with Crippen LogP contribution in [0.25, 0.3) is 81.4 Å². The second kappa shape index (κ2) is 15.7. The summed E-state index contributed by atoms with van der Waals surface area (Å²) in [7, 11) is 0. The Hall–Kier alpha value is -7.21. The molecular formula is C57H43N3OS. The van der Waals surface area contributed by atoms with E-state index in [1.54, 1.807) is 0 Å². The first-order valence-electron chi connectivity index (χ1n) is 21.4. The van der Waals surface area contributed by atoms with Gasteiger partial charge in [0, 0.05) is 43.0 Å². The molecule has 4 heterocycles. The minimum absolute atomic E-state index is 0.0386. The fourth-order valence-electron chi connectivity index (χ4n) is 8.82. The number of rotatable bonds is 6. The van der Waals surface area contributed by atoms with Crippen molar-refractivity contribution in [2.45, 2.75) is 38.2 Å². The number of ether oxygens (including phenoxy) is 1. The van der Waals surface area contributed by atoms with Crippen LogP contribution in [0.1, 0.15) is 37.4 Å². The molecule has 62 heavy (non-hydrogen) atoms. The molecule has 1 aliphatic heterocycles. The third kappa shape index (κ3) is 6.94. The van der Waals surface area contributed by atoms with Crippen molar-refractivity contribution in [2.24, 2.45) is 0 Å². The molecule has 4 nitrogen and oxygen atoms in total. The Morgan fingerprint density at radius 2 is 1.35 bits per heavy atom. The zero-order chi connectivity index (χ0) is 41.6. The largest absolute Gasteiger partial charge is 0.486 e. The number of nitrogens with zero attached hydrogens (tertiary/aromatic N) is 3. The van der Waals surface area contributed by atoms with Gasteiger partial charge in [-0.25, -0.2) is 15.0 Å². The highest BCUT2D eigenvalue weighted by Crippen LogP contribution is 2.45. The van der Waals surface area contributed by atoms with E-state index in [1.807, 2.05) is 17.4 Å². The zero-order valence-electron chi connectivity index (χ0n) is 34.6. The Morgan fingerprint density at radius 3 is 2.13 bits per heavy atom. The Bertz CT molecular complexity index is 3290. The molecule has 0 radical (unpaired) electrons. The second-order valence-corrected chi connectivity index (χ2v) is 17.6. The average Bonchev–Trinajstić information content (AvgIpc) is 3.76. The summed E-state index contributed by atoms with van der Waals surface area (Å²) in [6.07, 6.45) is 16.8. The predicted molar refractivity (Wildman–Crippen MR) is 260 cm³/mol. The number of benzene rings is 6. The molecule has 0 fully saturated rings. The summed E-state index contributed by atoms with van der Waals surface area (Å²) >= 11 is 1.83. The van der Waals surface area contributed by atoms with Crippen molar-refractivity contribution >= 4 is 48.0 Å². The first kappa shape index (κ1) is 37.8. The quantitative estimate of drug-likeness (QED) is 0.168. The molecule has 1 unspecified atom stereocenters. The van der Waals surface area contributed by atoms with E-state index in [0.717, 1.165) is 74.8 Å². The van der Waals surface area contributed by atoms with Crippen LogP contribution in [0.4, 0.5) is 0 Å². The molecule has 0 amide bonds. The third-order valence-corrected chi connectivity index (χ3v) is 13.4. The molecule has 0 saturated heterocycles. The number of hydrogen-bond donors (Lipinski definition) is 0. The summed E-state index contributed by atoms with van der Waals surface area (Å²) in [6, 6.07) is 53.8. The van der Waals surface area contributed by atoms with Crippen LogP contribution in [0.3, 0.4) is 0 Å². The minimum atomic E-state index is -0.445. The van der Waals surface area contributed by atoms with Crippen molar-refractivity contribution in [1.29, 1.82) is 0 Å². The lowest BCUT2D eigenvalue weighted by atomic mass is 9.80. The van der Waals surface area contributed by atoms with Crippen LogP contribution in [0, 0.1) is 0 Å². The SMILES string of the molecule is C[C@H]1/C=C\C=C/Cc2cccc(-c3ccc(-c4cc(-c5ccccc5)nc(C5(C)C=CC(c6nc7ccc(-c8ccccc8)cc7c7c6sc6ccccc67)=CC5)n4)cc3)c2O1. The molecular weight excluding hydrogens is 775 g/mol. The van der Waals surface area contributed by atoms with Gasteiger partial charge < -0.3 is 4.74 Å². The summed E-state index contributed by atoms with van der Waals surface area (Å²) < 4.78 is 9.00. The number of fused-ring (bicyclic) bond motifs is 6. The molecule has 1 aliphatic carbocycles. The lowest BCUT2D eigenvalue weighted by Crippen LogP contribution is -2.24. The van der Waals surface area contributed by atoms with Crippen molar-refractivity contribution in [3.63, 3.8) is 0 Å². The summed E-state index contributed by atoms with van der Waals surface area (Å²) in [5.41, 5.74) is 12.4. The summed E-state index contributed by atoms with van der Waals surface area (Å²) in [5, 5.41) is 3.72. The van der Waals surface area contributed by atoms with Gasteiger partial charge in [-0.1, -0.05) is 164 Å². The van der Waals surface area contributed by atoms with Gasteiger partial charge in [-0.15, -0.1) is 11.3 Å². The standard InChI is InChI=1S/C57H43N3OS/c1-37-15-6-3-11-20-43-21-14-23-45(54(43)61-37)39-25-27-41(28-26-39)50-36-49(40-18-9-5-10-19-40)59-56(60-50)57(2)33-31-42(32-34-57)53-55-52(46-22-12-13-24-51(46)62-55)47-35-44(29-30-48(47)58-53)38-16-7-4-8-17-38/h3-19,21-33,35-37H,20,34H2,1-2H3/b11-3-,15-6-/t37-,57?/m0/s1. The van der Waals surface area contributed by atoms with Crippen molar-refractivity contribution in [3.8, 4) is 50.5 Å². The minimum Gasteiger partial charge on any atom is -0.486 e. The van der Waals surface area contributed by atoms with Crippen LogP contribution in [-0.4, -0.2) is 21.1 Å². The zero-order valence-corrected chi connectivity index (χ0v) is 35.4. The van der Waals surface area contributed by atoms with E-state index in [1.165, 1.54) is 42.2 Å². The van der Waals surface area contributed by atoms with E-state index in [0.29, 0.717) is 0 Å². The lowest BCUT2D eigenvalue weighted by Gasteiger charge is -2.27. The van der Waals surface area contributed by atoms with Crippen LogP contribution >= 0.6 is 11.3 Å². The molecule has 5 heteroatoms. The van der Waals surface area contributed by atoms with Crippen LogP contribution in [-0.2, 0) is 11.8 Å². The highest BCUT2D eigenvalue weighted by atomic mass is 32.1. The van der Waals surface area contributed by atoms with Gasteiger partial charge in [0.25, 0.3) is 0 Å². The number of allylic oxidation sites excluding steroid dienone is 7. The van der Waals surface area contributed by atoms with Gasteiger partial charge in [0.2, 0.25) is 0 Å². The number of para-hydroxylation sites is 1. The van der Waals surface area contributed by atoms with Crippen molar-refractivity contribution in [3.05, 3.63) is 211 Å². The second-order valence-electron chi connectivity index (χ2n) is 16.5. The van der Waals surface area contributed by atoms with Crippen LogP contribution < -0.4 is 4.74 Å². The topological polar surface area (TPSA) is 47.9 Å². The average molecular weight is 818 g/mol. The smallest absolute Gasteiger partial charge is 0.139 e. The molecule has 11 rings (SSSR count). The van der Waals surface area contributed by atoms with Crippen LogP contribution in [0.15, 0.2) is 194 Å². The molecule has 2 atom stereocenters. The highest BCUT2D eigenvalue weighted by molar-refractivity contribution is 7.26. The molecule has 6 aromatic carbocycles. The summed E-state index contributed by atoms with van der Waals surface area (Å²) in [5.74, 6) is 1.73. The van der Waals surface area contributed by atoms with Crippen molar-refractivity contribution < 1.29 is 4.74 Å². The van der Waals surface area contributed by atoms with Gasteiger partial charge in [0.1, 0.15) is 17.7 Å². The van der Waals surface area contributed by atoms with E-state index >= 15 is 0 Å². The lowest BCUT2D eigenvalue weighted by molar-refractivity contribution is 0.269. The van der Waals surface area contributed by atoms with Crippen LogP contribution in [0.5, 0.6) is 5.75 Å². The molecule has 3 aromatic heterocycles. The van der Waals surface area contributed by atoms with Gasteiger partial charge in [0.15, 0.2) is 0 Å². The van der Waals surface area contributed by atoms with E-state index < -0.39 is 5.41 Å². The van der Waals surface area contributed by atoms with Crippen molar-refractivity contribution in [1.82, 2.24) is 15.0 Å². The monoisotopic (exact) mass is 817 g/mol. The first-order valence-corrected chi connectivity index (χ1v) is 22.2. The molecule has 0 N–H and O–H groups in total. The number of aromatic nitrogens is 3. The Kier molecular flexibility index (Phi) is 9.55. The van der Waals surface area contributed by atoms with Gasteiger partial charge in [0.05, 0.1) is 27.3 Å². The maximum atomic E-state index is 6.52. The van der Waals surface area contributed by atoms with E-state index in [4.69, 9.17) is 19.7 Å². The molecule has 0 saturated carbocycles. The van der Waals surface area contributed by atoms with Gasteiger partial charge in [-0.2, -0.15) is 0 Å². The molecule has 0 spiro atoms. The number of hydrogen-bond acceptors (Lipinski definition) is 5. The Balaban J connectivity index is 0.965. The number of thiophene rings is 1. The van der Waals surface area contributed by atoms with E-state index in [2.05, 4.69) is 202 Å². The predicted octanol–water partition coefficient (Wildman–Crippen LogP) is 14.8. The third-order valence-electron chi connectivity index (χ3n) is 12.2. The fraction of sp³-hybridized carbons (Fsp3) is 0.105. The van der Waals surface area contributed by atoms with Gasteiger partial charge >= 0.3 is 0 Å². The first-order chi connectivity index (χ1) is 30.5. The summed E-state index contributed by atoms with van der Waals surface area (Å²) in [6.45, 7) is 4.33. The fourth-order valence-corrected chi connectivity index (χ4v) is 10.1. The summed E-state index contributed by atoms with van der Waals surface area (Å²) in [4.78, 5) is 16.0. The van der Waals surface area contributed by atoms with Crippen molar-refractivity contribution in [2.75, 3.05) is 0 Å². The molecule has 9 aromatic rings. The normalized spacial score (nSPS) is 18.4. The van der Waals surface area contributed by atoms with Crippen LogP contribution in [0.2, 0.25) is 0 Å². The molecule has 298 valence electrons. The Labute approximate surface area is 366 Å². The maximum absolute atomic E-state index is 6.52. The molecule has 2 aliphatic rings. The highest BCUT2D eigenvalue weighted by Gasteiger charge is 2.31. The van der Waals surface area contributed by atoms with Gasteiger partial charge in [-0.05, 0) is 84.9 Å². The van der Waals surface area contributed by atoms with E-state index in [-0.39, 0.29) is 6.10 Å². The maximum Gasteiger partial charge on any atom is 0.139 e. The number of pyridine rings is 1.